The number of amides is 2. The van der Waals surface area contributed by atoms with Gasteiger partial charge in [-0.15, -0.1) is 12.4 Å². The Morgan fingerprint density at radius 1 is 0.793 bits per heavy atom. The Labute approximate surface area is 181 Å². The molecule has 0 radical (unpaired) electrons. The highest BCUT2D eigenvalue weighted by atomic mass is 35.5. The maximum atomic E-state index is 13.5. The summed E-state index contributed by atoms with van der Waals surface area (Å²) in [4.78, 5) is 32.4. The first-order valence-corrected chi connectivity index (χ1v) is 11.6. The third-order valence-corrected chi connectivity index (χ3v) is 8.26. The molecule has 0 aromatic heterocycles. The number of carbonyl (C=O) groups is 2. The fourth-order valence-electron chi connectivity index (χ4n) is 7.21. The molecule has 4 saturated carbocycles. The molecule has 4 bridgehead atoms. The Kier molecular flexibility index (Phi) is 6.43. The van der Waals surface area contributed by atoms with E-state index in [9.17, 15) is 9.59 Å². The lowest BCUT2D eigenvalue weighted by atomic mass is 9.49. The number of nitrogens with one attached hydrogen (secondary N) is 1. The van der Waals surface area contributed by atoms with Crippen molar-refractivity contribution in [1.29, 1.82) is 0 Å². The quantitative estimate of drug-likeness (QED) is 0.744. The fourth-order valence-corrected chi connectivity index (χ4v) is 7.21. The van der Waals surface area contributed by atoms with Gasteiger partial charge in [-0.2, -0.15) is 0 Å². The van der Waals surface area contributed by atoms with Gasteiger partial charge < -0.3 is 15.1 Å². The van der Waals surface area contributed by atoms with Crippen LogP contribution in [0.2, 0.25) is 0 Å². The van der Waals surface area contributed by atoms with Gasteiger partial charge in [-0.3, -0.25) is 14.5 Å². The predicted molar refractivity (Wildman–Crippen MR) is 115 cm³/mol. The summed E-state index contributed by atoms with van der Waals surface area (Å²) in [5, 5.41) is 3.30. The zero-order valence-electron chi connectivity index (χ0n) is 17.6. The Morgan fingerprint density at radius 3 is 1.90 bits per heavy atom. The Hall–Kier alpha value is -0.850. The molecule has 0 aromatic rings. The second kappa shape index (κ2) is 8.72. The molecule has 2 heterocycles. The smallest absolute Gasteiger partial charge is 0.228 e. The van der Waals surface area contributed by atoms with Crippen LogP contribution in [-0.4, -0.2) is 85.4 Å². The molecule has 4 aliphatic carbocycles. The van der Waals surface area contributed by atoms with Gasteiger partial charge in [0.15, 0.2) is 0 Å². The normalized spacial score (nSPS) is 36.8. The summed E-state index contributed by atoms with van der Waals surface area (Å²) in [6, 6.07) is 0. The predicted octanol–water partition coefficient (Wildman–Crippen LogP) is 1.59. The van der Waals surface area contributed by atoms with E-state index in [1.165, 1.54) is 19.3 Å². The number of carbonyl (C=O) groups excluding carboxylic acids is 2. The Balaban J connectivity index is 0.00000205. The first kappa shape index (κ1) is 21.4. The highest BCUT2D eigenvalue weighted by molar-refractivity contribution is 5.85. The molecule has 29 heavy (non-hydrogen) atoms. The van der Waals surface area contributed by atoms with E-state index in [1.807, 2.05) is 4.90 Å². The van der Waals surface area contributed by atoms with Crippen LogP contribution in [0.25, 0.3) is 0 Å². The summed E-state index contributed by atoms with van der Waals surface area (Å²) in [7, 11) is 0. The van der Waals surface area contributed by atoms with E-state index >= 15 is 0 Å². The average molecular weight is 425 g/mol. The van der Waals surface area contributed by atoms with Crippen molar-refractivity contribution in [3.05, 3.63) is 0 Å². The van der Waals surface area contributed by atoms with Crippen molar-refractivity contribution in [1.82, 2.24) is 20.0 Å². The fraction of sp³-hybridized carbons (Fsp3) is 0.909. The summed E-state index contributed by atoms with van der Waals surface area (Å²) in [5.74, 6) is 3.24. The van der Waals surface area contributed by atoms with Crippen LogP contribution in [0, 0.1) is 23.2 Å². The second-order valence-corrected chi connectivity index (χ2v) is 10.2. The number of rotatable bonds is 4. The van der Waals surface area contributed by atoms with E-state index in [-0.39, 0.29) is 23.7 Å². The lowest BCUT2D eigenvalue weighted by Gasteiger charge is -2.57. The van der Waals surface area contributed by atoms with Crippen molar-refractivity contribution in [2.45, 2.75) is 44.9 Å². The van der Waals surface area contributed by atoms with Gasteiger partial charge >= 0.3 is 0 Å². The van der Waals surface area contributed by atoms with Crippen molar-refractivity contribution in [3.8, 4) is 0 Å². The standard InChI is InChI=1S/C22H36N4O2.ClH/c27-20(25-5-2-23-3-6-25)1-4-24-7-9-26(10-8-24)21(28)22-14-17-11-18(15-22)13-19(12-17)16-22;/h17-19,23H,1-16H2;1H. The highest BCUT2D eigenvalue weighted by Gasteiger charge is 2.55. The summed E-state index contributed by atoms with van der Waals surface area (Å²) in [5.41, 5.74) is -0.00478. The molecule has 6 rings (SSSR count). The molecule has 6 nitrogen and oxygen atoms in total. The van der Waals surface area contributed by atoms with Crippen molar-refractivity contribution < 1.29 is 9.59 Å². The zero-order valence-corrected chi connectivity index (χ0v) is 18.4. The van der Waals surface area contributed by atoms with Crippen molar-refractivity contribution in [2.24, 2.45) is 23.2 Å². The largest absolute Gasteiger partial charge is 0.340 e. The van der Waals surface area contributed by atoms with Crippen LogP contribution < -0.4 is 5.32 Å². The molecule has 7 heteroatoms. The molecule has 2 amide bonds. The first-order valence-electron chi connectivity index (χ1n) is 11.6. The molecule has 2 saturated heterocycles. The van der Waals surface area contributed by atoms with Crippen molar-refractivity contribution >= 4 is 24.2 Å². The lowest BCUT2D eigenvalue weighted by Crippen LogP contribution is -2.58. The first-order chi connectivity index (χ1) is 13.6. The van der Waals surface area contributed by atoms with E-state index in [4.69, 9.17) is 0 Å². The van der Waals surface area contributed by atoms with Crippen LogP contribution in [0.3, 0.4) is 0 Å². The third-order valence-electron chi connectivity index (χ3n) is 8.26. The summed E-state index contributed by atoms with van der Waals surface area (Å²) in [6.07, 6.45) is 8.28. The van der Waals surface area contributed by atoms with E-state index < -0.39 is 0 Å². The molecule has 0 unspecified atom stereocenters. The van der Waals surface area contributed by atoms with Crippen LogP contribution in [0.15, 0.2) is 0 Å². The van der Waals surface area contributed by atoms with E-state index in [0.717, 1.165) is 95.9 Å². The number of nitrogens with zero attached hydrogens (tertiary/aromatic N) is 3. The molecule has 6 aliphatic rings. The summed E-state index contributed by atoms with van der Waals surface area (Å²) in [6.45, 7) is 7.89. The molecule has 1 N–H and O–H groups in total. The minimum Gasteiger partial charge on any atom is -0.340 e. The molecule has 164 valence electrons. The van der Waals surface area contributed by atoms with Gasteiger partial charge in [0.2, 0.25) is 11.8 Å². The monoisotopic (exact) mass is 424 g/mol. The highest BCUT2D eigenvalue weighted by Crippen LogP contribution is 2.60. The molecule has 6 fully saturated rings. The number of piperazine rings is 2. The van der Waals surface area contributed by atoms with Gasteiger partial charge in [0.05, 0.1) is 5.41 Å². The molecular weight excluding hydrogens is 388 g/mol. The number of hydrogen-bond donors (Lipinski definition) is 1. The zero-order chi connectivity index (χ0) is 19.1. The van der Waals surface area contributed by atoms with Gasteiger partial charge in [0.25, 0.3) is 0 Å². The SMILES string of the molecule is Cl.O=C(CCN1CCN(C(=O)C23CC4CC(CC(C4)C2)C3)CC1)N1CCNCC1. The minimum absolute atomic E-state index is 0. The molecule has 2 aliphatic heterocycles. The topological polar surface area (TPSA) is 55.9 Å². The van der Waals surface area contributed by atoms with Crippen LogP contribution in [0.1, 0.15) is 44.9 Å². The molecule has 0 aromatic carbocycles. The van der Waals surface area contributed by atoms with Crippen LogP contribution in [0.5, 0.6) is 0 Å². The van der Waals surface area contributed by atoms with Gasteiger partial charge in [-0.05, 0) is 56.3 Å². The summed E-state index contributed by atoms with van der Waals surface area (Å²) < 4.78 is 0. The minimum atomic E-state index is -0.00478. The maximum Gasteiger partial charge on any atom is 0.228 e. The van der Waals surface area contributed by atoms with Gasteiger partial charge in [0.1, 0.15) is 0 Å². The summed E-state index contributed by atoms with van der Waals surface area (Å²) >= 11 is 0. The van der Waals surface area contributed by atoms with Crippen LogP contribution >= 0.6 is 12.4 Å². The second-order valence-electron chi connectivity index (χ2n) is 10.2. The maximum absolute atomic E-state index is 13.5. The Morgan fingerprint density at radius 2 is 1.34 bits per heavy atom. The number of halogens is 1. The van der Waals surface area contributed by atoms with Gasteiger partial charge in [-0.1, -0.05) is 0 Å². The third kappa shape index (κ3) is 4.31. The number of hydrogen-bond acceptors (Lipinski definition) is 4. The van der Waals surface area contributed by atoms with Gasteiger partial charge in [-0.25, -0.2) is 0 Å². The lowest BCUT2D eigenvalue weighted by molar-refractivity contribution is -0.159. The van der Waals surface area contributed by atoms with Crippen LogP contribution in [-0.2, 0) is 9.59 Å². The molecule has 0 spiro atoms. The van der Waals surface area contributed by atoms with Crippen molar-refractivity contribution in [2.75, 3.05) is 58.9 Å². The van der Waals surface area contributed by atoms with E-state index in [0.29, 0.717) is 12.3 Å². The van der Waals surface area contributed by atoms with Crippen molar-refractivity contribution in [3.63, 3.8) is 0 Å². The van der Waals surface area contributed by atoms with Crippen LogP contribution in [0.4, 0.5) is 0 Å². The average Bonchev–Trinajstić information content (AvgIpc) is 2.71. The molecule has 0 atom stereocenters. The van der Waals surface area contributed by atoms with Gasteiger partial charge in [0, 0.05) is 65.3 Å². The van der Waals surface area contributed by atoms with E-state index in [2.05, 4.69) is 15.1 Å². The molecular formula is C22H37ClN4O2. The van der Waals surface area contributed by atoms with E-state index in [1.54, 1.807) is 0 Å². The Bertz CT molecular complexity index is 579.